The number of aryl methyl sites for hydroxylation is 1. The zero-order valence-corrected chi connectivity index (χ0v) is 28.7. The molecular formula is C39H51N5O4. The van der Waals surface area contributed by atoms with E-state index in [1.165, 1.54) is 56.3 Å². The summed E-state index contributed by atoms with van der Waals surface area (Å²) < 4.78 is 0. The molecule has 1 atom stereocenters. The van der Waals surface area contributed by atoms with E-state index in [1.54, 1.807) is 12.1 Å². The molecule has 9 heteroatoms. The number of rotatable bonds is 9. The standard InChI is InChI=1S/C36H43N5O4.C3H8/c1-24-7-11-29(12-8-24)34(42)39-32(35(43)41-22-30(23-41)36(44)45)19-25-9-13-28(14-10-25)33-37-20-31(21-38-33)40-17-15-27(16-18-40)26-5-3-2-4-6-26;1-3-2/h7-14,20-21,26-27,30,32H,2-6,15-19,22-23H2,1H3,(H,39,42)(H,44,45);3H2,1-2H3. The van der Waals surface area contributed by atoms with Crippen LogP contribution in [0.5, 0.6) is 0 Å². The van der Waals surface area contributed by atoms with Gasteiger partial charge in [0.1, 0.15) is 6.04 Å². The lowest BCUT2D eigenvalue weighted by Crippen LogP contribution is -2.59. The van der Waals surface area contributed by atoms with Crippen LogP contribution < -0.4 is 10.2 Å². The molecule has 48 heavy (non-hydrogen) atoms. The minimum absolute atomic E-state index is 0.149. The fraction of sp³-hybridized carbons (Fsp3) is 0.513. The topological polar surface area (TPSA) is 116 Å². The molecule has 1 aromatic heterocycles. The molecule has 3 aliphatic rings. The Balaban J connectivity index is 0.00000145. The van der Waals surface area contributed by atoms with Crippen LogP contribution in [0.2, 0.25) is 0 Å². The molecular weight excluding hydrogens is 602 g/mol. The number of nitrogens with one attached hydrogen (secondary N) is 1. The molecule has 0 spiro atoms. The van der Waals surface area contributed by atoms with Gasteiger partial charge in [0, 0.05) is 43.7 Å². The number of carboxylic acids is 1. The maximum atomic E-state index is 13.4. The van der Waals surface area contributed by atoms with Crippen LogP contribution >= 0.6 is 0 Å². The number of anilines is 1. The smallest absolute Gasteiger partial charge is 0.310 e. The lowest BCUT2D eigenvalue weighted by atomic mass is 9.76. The van der Waals surface area contributed by atoms with Crippen molar-refractivity contribution >= 4 is 23.5 Å². The number of piperidine rings is 1. The quantitative estimate of drug-likeness (QED) is 0.269. The fourth-order valence-corrected chi connectivity index (χ4v) is 7.08. The highest BCUT2D eigenvalue weighted by Crippen LogP contribution is 2.36. The van der Waals surface area contributed by atoms with Crippen LogP contribution in [0.25, 0.3) is 11.4 Å². The number of carbonyl (C=O) groups is 3. The Labute approximate surface area is 285 Å². The first-order valence-electron chi connectivity index (χ1n) is 17.8. The summed E-state index contributed by atoms with van der Waals surface area (Å²) >= 11 is 0. The first-order chi connectivity index (χ1) is 23.2. The zero-order valence-electron chi connectivity index (χ0n) is 28.7. The van der Waals surface area contributed by atoms with Gasteiger partial charge < -0.3 is 20.2 Å². The molecule has 3 heterocycles. The van der Waals surface area contributed by atoms with Crippen LogP contribution in [0, 0.1) is 24.7 Å². The summed E-state index contributed by atoms with van der Waals surface area (Å²) in [5, 5.41) is 12.2. The van der Waals surface area contributed by atoms with Crippen molar-refractivity contribution in [2.75, 3.05) is 31.1 Å². The van der Waals surface area contributed by atoms with E-state index < -0.39 is 17.9 Å². The van der Waals surface area contributed by atoms with Crippen molar-refractivity contribution < 1.29 is 19.5 Å². The summed E-state index contributed by atoms with van der Waals surface area (Å²) in [4.78, 5) is 51.0. The Morgan fingerprint density at radius 3 is 2.02 bits per heavy atom. The van der Waals surface area contributed by atoms with Crippen molar-refractivity contribution in [3.8, 4) is 11.4 Å². The van der Waals surface area contributed by atoms with E-state index in [2.05, 4.69) is 34.0 Å². The van der Waals surface area contributed by atoms with Crippen LogP contribution in [0.3, 0.4) is 0 Å². The van der Waals surface area contributed by atoms with Crippen molar-refractivity contribution in [3.05, 3.63) is 77.6 Å². The van der Waals surface area contributed by atoms with Gasteiger partial charge >= 0.3 is 5.97 Å². The minimum atomic E-state index is -0.913. The van der Waals surface area contributed by atoms with Crippen molar-refractivity contribution in [2.24, 2.45) is 17.8 Å². The lowest BCUT2D eigenvalue weighted by molar-refractivity contribution is -0.153. The zero-order chi connectivity index (χ0) is 34.0. The van der Waals surface area contributed by atoms with Gasteiger partial charge in [0.05, 0.1) is 24.0 Å². The number of hydrogen-bond donors (Lipinski definition) is 2. The van der Waals surface area contributed by atoms with Gasteiger partial charge in [-0.15, -0.1) is 0 Å². The van der Waals surface area contributed by atoms with Crippen LogP contribution in [0.15, 0.2) is 60.9 Å². The first kappa shape index (κ1) is 35.0. The SMILES string of the molecule is CCC.Cc1ccc(C(=O)NC(Cc2ccc(-c3ncc(N4CCC(C5CCCCC5)CC4)cn3)cc2)C(=O)N2CC(C(=O)O)C2)cc1. The highest BCUT2D eigenvalue weighted by atomic mass is 16.4. The molecule has 3 aromatic rings. The summed E-state index contributed by atoms with van der Waals surface area (Å²) in [6.07, 6.45) is 14.9. The third-order valence-corrected chi connectivity index (χ3v) is 9.97. The second-order valence-corrected chi connectivity index (χ2v) is 13.8. The van der Waals surface area contributed by atoms with E-state index in [1.807, 2.05) is 55.7 Å². The summed E-state index contributed by atoms with van der Waals surface area (Å²) in [6, 6.07) is 14.1. The number of benzene rings is 2. The van der Waals surface area contributed by atoms with E-state index in [0.29, 0.717) is 11.4 Å². The van der Waals surface area contributed by atoms with Crippen molar-refractivity contribution in [3.63, 3.8) is 0 Å². The van der Waals surface area contributed by atoms with Crippen LogP contribution in [0.4, 0.5) is 5.69 Å². The third-order valence-electron chi connectivity index (χ3n) is 9.97. The highest BCUT2D eigenvalue weighted by molar-refractivity contribution is 5.98. The number of likely N-dealkylation sites (tertiary alicyclic amines) is 1. The highest BCUT2D eigenvalue weighted by Gasteiger charge is 2.39. The van der Waals surface area contributed by atoms with Gasteiger partial charge in [-0.2, -0.15) is 0 Å². The van der Waals surface area contributed by atoms with E-state index in [9.17, 15) is 19.5 Å². The average molecular weight is 654 g/mol. The summed E-state index contributed by atoms with van der Waals surface area (Å²) in [5.41, 5.74) is 4.32. The van der Waals surface area contributed by atoms with Crippen molar-refractivity contribution in [1.29, 1.82) is 0 Å². The molecule has 0 bridgehead atoms. The Kier molecular flexibility index (Phi) is 12.2. The van der Waals surface area contributed by atoms with Gasteiger partial charge in [-0.25, -0.2) is 9.97 Å². The van der Waals surface area contributed by atoms with E-state index in [0.717, 1.165) is 47.3 Å². The second kappa shape index (κ2) is 16.7. The summed E-state index contributed by atoms with van der Waals surface area (Å²) in [5.74, 6) is 0.318. The molecule has 2 N–H and O–H groups in total. The normalized spacial score (nSPS) is 17.9. The van der Waals surface area contributed by atoms with Gasteiger partial charge in [0.2, 0.25) is 5.91 Å². The molecule has 2 aliphatic heterocycles. The van der Waals surface area contributed by atoms with Gasteiger partial charge in [0.25, 0.3) is 5.91 Å². The largest absolute Gasteiger partial charge is 0.481 e. The predicted molar refractivity (Wildman–Crippen MR) is 189 cm³/mol. The molecule has 9 nitrogen and oxygen atoms in total. The van der Waals surface area contributed by atoms with E-state index in [-0.39, 0.29) is 31.3 Å². The average Bonchev–Trinajstić information content (AvgIpc) is 3.08. The number of aliphatic carboxylic acids is 1. The maximum Gasteiger partial charge on any atom is 0.310 e. The number of nitrogens with zero attached hydrogens (tertiary/aromatic N) is 4. The van der Waals surface area contributed by atoms with Gasteiger partial charge in [-0.05, 0) is 49.3 Å². The van der Waals surface area contributed by atoms with Crippen molar-refractivity contribution in [1.82, 2.24) is 20.2 Å². The van der Waals surface area contributed by atoms with Crippen LogP contribution in [-0.2, 0) is 16.0 Å². The maximum absolute atomic E-state index is 13.4. The number of carboxylic acid groups (broad SMARTS) is 1. The molecule has 256 valence electrons. The minimum Gasteiger partial charge on any atom is -0.481 e. The summed E-state index contributed by atoms with van der Waals surface area (Å²) in [7, 11) is 0. The van der Waals surface area contributed by atoms with Crippen molar-refractivity contribution in [2.45, 2.75) is 84.6 Å². The molecule has 2 aromatic carbocycles. The Morgan fingerprint density at radius 2 is 1.44 bits per heavy atom. The lowest BCUT2D eigenvalue weighted by Gasteiger charge is -2.39. The summed E-state index contributed by atoms with van der Waals surface area (Å²) in [6.45, 7) is 8.62. The Bertz CT molecular complexity index is 1490. The van der Waals surface area contributed by atoms with Gasteiger partial charge in [0.15, 0.2) is 5.82 Å². The molecule has 3 fully saturated rings. The fourth-order valence-electron chi connectivity index (χ4n) is 7.08. The van der Waals surface area contributed by atoms with Gasteiger partial charge in [-0.1, -0.05) is 94.3 Å². The molecule has 0 radical (unpaired) electrons. The third kappa shape index (κ3) is 8.99. The van der Waals surface area contributed by atoms with Crippen LogP contribution in [-0.4, -0.2) is 70.0 Å². The second-order valence-electron chi connectivity index (χ2n) is 13.8. The number of hydrogen-bond acceptors (Lipinski definition) is 6. The van der Waals surface area contributed by atoms with E-state index >= 15 is 0 Å². The Morgan fingerprint density at radius 1 is 0.854 bits per heavy atom. The molecule has 6 rings (SSSR count). The predicted octanol–water partition coefficient (Wildman–Crippen LogP) is 6.55. The molecule has 2 saturated heterocycles. The molecule has 1 unspecified atom stereocenters. The number of aromatic nitrogens is 2. The molecule has 1 aliphatic carbocycles. The number of amides is 2. The van der Waals surface area contributed by atoms with Crippen LogP contribution in [0.1, 0.15) is 86.7 Å². The Hall–Kier alpha value is -4.27. The monoisotopic (exact) mass is 653 g/mol. The molecule has 2 amide bonds. The first-order valence-corrected chi connectivity index (χ1v) is 17.8. The number of carbonyl (C=O) groups excluding carboxylic acids is 2. The van der Waals surface area contributed by atoms with Gasteiger partial charge in [-0.3, -0.25) is 14.4 Å². The van der Waals surface area contributed by atoms with E-state index in [4.69, 9.17) is 0 Å². The molecule has 1 saturated carbocycles.